The molecule has 0 spiro atoms. The number of allylic oxidation sites excluding steroid dienone is 1. The first-order valence-electron chi connectivity index (χ1n) is 4.22. The molecule has 0 heterocycles. The first-order chi connectivity index (χ1) is 5.19. The van der Waals surface area contributed by atoms with Gasteiger partial charge in [0.05, 0.1) is 5.60 Å². The van der Waals surface area contributed by atoms with Crippen LogP contribution >= 0.6 is 0 Å². The Kier molecular flexibility index (Phi) is 2.50. The van der Waals surface area contributed by atoms with E-state index < -0.39 is 5.60 Å². The Hall–Kier alpha value is -0.560. The predicted molar refractivity (Wildman–Crippen MR) is 47.3 cm³/mol. The molecule has 0 aliphatic heterocycles. The predicted octanol–water partition coefficient (Wildman–Crippen LogP) is 2.28. The minimum absolute atomic E-state index is 0.166. The highest BCUT2D eigenvalue weighted by Crippen LogP contribution is 2.29. The van der Waals surface area contributed by atoms with E-state index in [4.69, 9.17) is 0 Å². The van der Waals surface area contributed by atoms with Crippen molar-refractivity contribution in [2.45, 2.75) is 31.8 Å². The second-order valence-electron chi connectivity index (χ2n) is 3.31. The Bertz CT molecular complexity index is 172. The molecule has 11 heavy (non-hydrogen) atoms. The molecule has 0 fully saturated rings. The maximum Gasteiger partial charge on any atom is 0.0887 e. The Morgan fingerprint density at radius 1 is 1.73 bits per heavy atom. The number of hydrogen-bond donors (Lipinski definition) is 1. The summed E-state index contributed by atoms with van der Waals surface area (Å²) in [7, 11) is 0. The first kappa shape index (κ1) is 8.54. The van der Waals surface area contributed by atoms with Gasteiger partial charge in [-0.05, 0) is 19.3 Å². The second kappa shape index (κ2) is 3.22. The van der Waals surface area contributed by atoms with E-state index in [0.29, 0.717) is 0 Å². The molecule has 1 rings (SSSR count). The van der Waals surface area contributed by atoms with Gasteiger partial charge in [0, 0.05) is 5.92 Å². The lowest BCUT2D eigenvalue weighted by Crippen LogP contribution is -2.34. The summed E-state index contributed by atoms with van der Waals surface area (Å²) in [6.07, 6.45) is 8.86. The fourth-order valence-electron chi connectivity index (χ4n) is 1.46. The minimum atomic E-state index is -0.611. The monoisotopic (exact) mass is 152 g/mol. The van der Waals surface area contributed by atoms with Crippen LogP contribution in [-0.4, -0.2) is 10.7 Å². The van der Waals surface area contributed by atoms with Gasteiger partial charge in [0.25, 0.3) is 0 Å². The van der Waals surface area contributed by atoms with Gasteiger partial charge < -0.3 is 5.11 Å². The van der Waals surface area contributed by atoms with Gasteiger partial charge in [-0.1, -0.05) is 25.2 Å². The van der Waals surface area contributed by atoms with Crippen LogP contribution in [0.25, 0.3) is 0 Å². The molecular formula is C10H16O. The molecule has 0 saturated heterocycles. The number of hydrogen-bond acceptors (Lipinski definition) is 1. The topological polar surface area (TPSA) is 20.2 Å². The highest BCUT2D eigenvalue weighted by Gasteiger charge is 2.29. The Morgan fingerprint density at radius 3 is 2.91 bits per heavy atom. The van der Waals surface area contributed by atoms with Crippen LogP contribution in [0.2, 0.25) is 0 Å². The summed E-state index contributed by atoms with van der Waals surface area (Å²) in [5.41, 5.74) is -0.611. The average molecular weight is 152 g/mol. The van der Waals surface area contributed by atoms with Crippen molar-refractivity contribution < 1.29 is 5.11 Å². The van der Waals surface area contributed by atoms with Crippen LogP contribution < -0.4 is 0 Å². The molecule has 1 aliphatic rings. The van der Waals surface area contributed by atoms with E-state index in [1.54, 1.807) is 0 Å². The van der Waals surface area contributed by atoms with Crippen LogP contribution in [0.3, 0.4) is 0 Å². The van der Waals surface area contributed by atoms with Crippen LogP contribution in [0.15, 0.2) is 24.8 Å². The standard InChI is InChI=1S/C10H16O/c1-3-9(2)10(11)7-5-4-6-8-10/h3,5,7,9,11H,1,4,6,8H2,2H3/t9-,10-/m0/s1. The molecule has 0 unspecified atom stereocenters. The van der Waals surface area contributed by atoms with E-state index in [1.807, 2.05) is 19.1 Å². The lowest BCUT2D eigenvalue weighted by atomic mass is 9.81. The van der Waals surface area contributed by atoms with E-state index >= 15 is 0 Å². The molecule has 0 aromatic heterocycles. The molecule has 62 valence electrons. The largest absolute Gasteiger partial charge is 0.385 e. The van der Waals surface area contributed by atoms with E-state index in [1.165, 1.54) is 0 Å². The van der Waals surface area contributed by atoms with Crippen molar-refractivity contribution in [3.8, 4) is 0 Å². The highest BCUT2D eigenvalue weighted by molar-refractivity contribution is 5.10. The highest BCUT2D eigenvalue weighted by atomic mass is 16.3. The van der Waals surface area contributed by atoms with Crippen LogP contribution in [0, 0.1) is 5.92 Å². The molecule has 0 saturated carbocycles. The van der Waals surface area contributed by atoms with Gasteiger partial charge in [-0.15, -0.1) is 6.58 Å². The molecule has 0 amide bonds. The molecule has 1 N–H and O–H groups in total. The Morgan fingerprint density at radius 2 is 2.45 bits per heavy atom. The summed E-state index contributed by atoms with van der Waals surface area (Å²) in [6.45, 7) is 5.69. The Labute approximate surface area is 68.4 Å². The lowest BCUT2D eigenvalue weighted by Gasteiger charge is -2.31. The normalized spacial score (nSPS) is 33.3. The van der Waals surface area contributed by atoms with Crippen LogP contribution in [-0.2, 0) is 0 Å². The van der Waals surface area contributed by atoms with Crippen LogP contribution in [0.5, 0.6) is 0 Å². The zero-order chi connectivity index (χ0) is 8.32. The summed E-state index contributed by atoms with van der Waals surface area (Å²) >= 11 is 0. The average Bonchev–Trinajstić information content (AvgIpc) is 2.04. The van der Waals surface area contributed by atoms with Crippen molar-refractivity contribution in [1.29, 1.82) is 0 Å². The summed E-state index contributed by atoms with van der Waals surface area (Å²) in [6, 6.07) is 0. The van der Waals surface area contributed by atoms with Gasteiger partial charge >= 0.3 is 0 Å². The fourth-order valence-corrected chi connectivity index (χ4v) is 1.46. The third-order valence-electron chi connectivity index (χ3n) is 2.50. The quantitative estimate of drug-likeness (QED) is 0.602. The molecule has 0 aromatic rings. The van der Waals surface area contributed by atoms with Gasteiger partial charge in [0.1, 0.15) is 0 Å². The summed E-state index contributed by atoms with van der Waals surface area (Å²) < 4.78 is 0. The summed E-state index contributed by atoms with van der Waals surface area (Å²) in [5.74, 6) is 0.166. The number of rotatable bonds is 2. The van der Waals surface area contributed by atoms with Gasteiger partial charge in [0.2, 0.25) is 0 Å². The van der Waals surface area contributed by atoms with E-state index in [-0.39, 0.29) is 5.92 Å². The van der Waals surface area contributed by atoms with Gasteiger partial charge in [-0.25, -0.2) is 0 Å². The zero-order valence-corrected chi connectivity index (χ0v) is 7.09. The van der Waals surface area contributed by atoms with E-state index in [2.05, 4.69) is 12.7 Å². The molecule has 0 bridgehead atoms. The molecule has 1 aliphatic carbocycles. The van der Waals surface area contributed by atoms with Crippen molar-refractivity contribution in [2.24, 2.45) is 5.92 Å². The zero-order valence-electron chi connectivity index (χ0n) is 7.09. The summed E-state index contributed by atoms with van der Waals surface area (Å²) in [4.78, 5) is 0. The third kappa shape index (κ3) is 1.72. The Balaban J connectivity index is 2.71. The van der Waals surface area contributed by atoms with Crippen molar-refractivity contribution in [3.05, 3.63) is 24.8 Å². The molecule has 1 nitrogen and oxygen atoms in total. The minimum Gasteiger partial charge on any atom is -0.385 e. The van der Waals surface area contributed by atoms with Crippen LogP contribution in [0.1, 0.15) is 26.2 Å². The molecular weight excluding hydrogens is 136 g/mol. The van der Waals surface area contributed by atoms with Crippen molar-refractivity contribution in [2.75, 3.05) is 0 Å². The van der Waals surface area contributed by atoms with Gasteiger partial charge in [0.15, 0.2) is 0 Å². The first-order valence-corrected chi connectivity index (χ1v) is 4.22. The maximum atomic E-state index is 9.98. The lowest BCUT2D eigenvalue weighted by molar-refractivity contribution is 0.0400. The van der Waals surface area contributed by atoms with Crippen molar-refractivity contribution in [1.82, 2.24) is 0 Å². The number of aliphatic hydroxyl groups is 1. The fraction of sp³-hybridized carbons (Fsp3) is 0.600. The molecule has 0 aromatic carbocycles. The SMILES string of the molecule is C=C[C@H](C)[C@]1(O)C=CCCC1. The van der Waals surface area contributed by atoms with Crippen LogP contribution in [0.4, 0.5) is 0 Å². The van der Waals surface area contributed by atoms with E-state index in [0.717, 1.165) is 19.3 Å². The maximum absolute atomic E-state index is 9.98. The van der Waals surface area contributed by atoms with E-state index in [9.17, 15) is 5.11 Å². The molecule has 0 radical (unpaired) electrons. The van der Waals surface area contributed by atoms with Crippen molar-refractivity contribution >= 4 is 0 Å². The van der Waals surface area contributed by atoms with Gasteiger partial charge in [-0.3, -0.25) is 0 Å². The van der Waals surface area contributed by atoms with Gasteiger partial charge in [-0.2, -0.15) is 0 Å². The smallest absolute Gasteiger partial charge is 0.0887 e. The second-order valence-corrected chi connectivity index (χ2v) is 3.31. The van der Waals surface area contributed by atoms with Crippen molar-refractivity contribution in [3.63, 3.8) is 0 Å². The third-order valence-corrected chi connectivity index (χ3v) is 2.50. The molecule has 2 atom stereocenters. The molecule has 1 heteroatoms. The summed E-state index contributed by atoms with van der Waals surface area (Å²) in [5, 5.41) is 9.98.